The van der Waals surface area contributed by atoms with E-state index in [0.717, 1.165) is 15.9 Å². The van der Waals surface area contributed by atoms with Gasteiger partial charge in [0.15, 0.2) is 0 Å². The Labute approximate surface area is 169 Å². The molecule has 0 bridgehead atoms. The second-order valence-electron chi connectivity index (χ2n) is 4.44. The molecule has 0 nitrogen and oxygen atoms in total. The predicted octanol–water partition coefficient (Wildman–Crippen LogP) is 7.69. The monoisotopic (exact) mass is 578 g/mol. The molecular weight excluding hydrogens is 581 g/mol. The van der Waals surface area contributed by atoms with Gasteiger partial charge in [-0.15, -0.1) is 0 Å². The first-order valence-electron chi connectivity index (χ1n) is 5.15. The van der Waals surface area contributed by atoms with Crippen molar-refractivity contribution in [3.63, 3.8) is 0 Å². The molecule has 3 unspecified atom stereocenters. The van der Waals surface area contributed by atoms with Gasteiger partial charge in [-0.1, -0.05) is 46.4 Å². The average molecular weight is 581 g/mol. The van der Waals surface area contributed by atoms with Crippen molar-refractivity contribution < 1.29 is 52.7 Å². The largest absolute Gasteiger partial charge is 0.371 e. The topological polar surface area (TPSA) is 0 Å². The van der Waals surface area contributed by atoms with Crippen molar-refractivity contribution in [1.82, 2.24) is 0 Å². The van der Waals surface area contributed by atoms with Crippen LogP contribution in [-0.2, 0) is 0 Å². The fraction of sp³-hybridized carbons (Fsp3) is 1.00. The van der Waals surface area contributed by atoms with Crippen LogP contribution < -0.4 is 0 Å². The van der Waals surface area contributed by atoms with E-state index in [1.54, 1.807) is 0 Å². The highest BCUT2D eigenvalue weighted by atomic mass is 79.9. The zero-order valence-corrected chi connectivity index (χ0v) is 16.2. The molecule has 0 aliphatic rings. The Morgan fingerprint density at radius 3 is 0.962 bits per heavy atom. The van der Waals surface area contributed by atoms with E-state index in [0.29, 0.717) is 0 Å². The molecule has 0 aromatic carbocycles. The predicted molar refractivity (Wildman–Crippen MR) is 73.3 cm³/mol. The summed E-state index contributed by atoms with van der Waals surface area (Å²) in [6, 6.07) is 0. The molecule has 0 rings (SSSR count). The molecule has 0 spiro atoms. The van der Waals surface area contributed by atoms with E-state index in [1.807, 2.05) is 0 Å². The van der Waals surface area contributed by atoms with Gasteiger partial charge >= 0.3 is 42.6 Å². The number of rotatable bonds is 7. The van der Waals surface area contributed by atoms with Gasteiger partial charge in [0.2, 0.25) is 0 Å². The van der Waals surface area contributed by atoms with Gasteiger partial charge in [0, 0.05) is 0 Å². The zero-order valence-electron chi connectivity index (χ0n) is 10.8. The summed E-state index contributed by atoms with van der Waals surface area (Å²) >= 11 is 20.7. The lowest BCUT2D eigenvalue weighted by Gasteiger charge is -2.45. The van der Waals surface area contributed by atoms with E-state index in [-0.39, 0.29) is 0 Å². The smallest absolute Gasteiger partial charge is 0.216 e. The summed E-state index contributed by atoms with van der Waals surface area (Å²) in [5, 5.41) is -19.4. The maximum atomic E-state index is 13.8. The van der Waals surface area contributed by atoms with Crippen molar-refractivity contribution >= 4 is 73.9 Å². The number of halogens is 18. The number of hydrogen-bond acceptors (Lipinski definition) is 0. The van der Waals surface area contributed by atoms with Crippen LogP contribution in [0.5, 0.6) is 0 Å². The van der Waals surface area contributed by atoms with E-state index < -0.39 is 42.6 Å². The van der Waals surface area contributed by atoms with Gasteiger partial charge in [0.05, 0.1) is 0 Å². The molecule has 26 heavy (non-hydrogen) atoms. The maximum Gasteiger partial charge on any atom is 0.371 e. The second-order valence-corrected chi connectivity index (χ2v) is 8.29. The van der Waals surface area contributed by atoms with Gasteiger partial charge in [-0.2, -0.15) is 35.1 Å². The van der Waals surface area contributed by atoms with Gasteiger partial charge in [-0.3, -0.25) is 0 Å². The van der Waals surface area contributed by atoms with Gasteiger partial charge in [0.25, 0.3) is 0 Å². The van der Waals surface area contributed by atoms with E-state index in [9.17, 15) is 52.7 Å². The van der Waals surface area contributed by atoms with Crippen molar-refractivity contribution in [3.05, 3.63) is 0 Å². The maximum absolute atomic E-state index is 13.8. The van der Waals surface area contributed by atoms with E-state index in [4.69, 9.17) is 0 Å². The first kappa shape index (κ1) is 27.1. The summed E-state index contributed by atoms with van der Waals surface area (Å²) in [5.41, 5.74) is 0. The molecule has 3 atom stereocenters. The van der Waals surface area contributed by atoms with Crippen molar-refractivity contribution in [3.8, 4) is 0 Å². The van der Waals surface area contributed by atoms with Crippen LogP contribution in [0.25, 0.3) is 0 Å². The molecule has 0 heterocycles. The Hall–Kier alpha value is 1.09. The lowest BCUT2D eigenvalue weighted by Crippen LogP contribution is -2.72. The fourth-order valence-electron chi connectivity index (χ4n) is 1.14. The quantitative estimate of drug-likeness (QED) is 0.214. The standard InChI is InChI=1S/C8BrCl5F12/c9-1(15,8(14,25)26)4(18,19)2(10,16)5(20,21)3(11,17)6(22,23)7(12,13)24. The molecule has 18 heteroatoms. The molecule has 0 N–H and O–H groups in total. The minimum atomic E-state index is -7.23. The van der Waals surface area contributed by atoms with Gasteiger partial charge in [0.1, 0.15) is 0 Å². The molecular formula is C8BrCl5F12. The van der Waals surface area contributed by atoms with Crippen molar-refractivity contribution in [1.29, 1.82) is 0 Å². The first-order chi connectivity index (χ1) is 10.8. The second kappa shape index (κ2) is 6.82. The van der Waals surface area contributed by atoms with E-state index in [1.165, 1.54) is 0 Å². The van der Waals surface area contributed by atoms with Crippen LogP contribution in [0, 0.1) is 0 Å². The Bertz CT molecular complexity index is 489. The molecule has 0 saturated carbocycles. The molecule has 158 valence electrons. The summed E-state index contributed by atoms with van der Waals surface area (Å²) in [6.07, 6.45) is 0. The lowest BCUT2D eigenvalue weighted by molar-refractivity contribution is -0.309. The average Bonchev–Trinajstić information content (AvgIpc) is 2.34. The van der Waals surface area contributed by atoms with Crippen LogP contribution >= 0.6 is 73.9 Å². The van der Waals surface area contributed by atoms with Gasteiger partial charge < -0.3 is 0 Å². The zero-order chi connectivity index (χ0) is 22.0. The molecule has 0 amide bonds. The summed E-state index contributed by atoms with van der Waals surface area (Å²) in [4.78, 5) is 0. The molecule has 0 aromatic heterocycles. The number of hydrogen-bond donors (Lipinski definition) is 0. The highest BCUT2D eigenvalue weighted by molar-refractivity contribution is 9.10. The van der Waals surface area contributed by atoms with Crippen molar-refractivity contribution in [2.75, 3.05) is 0 Å². The molecule has 0 aliphatic heterocycles. The normalized spacial score (nSPS) is 22.4. The van der Waals surface area contributed by atoms with Crippen LogP contribution in [0.4, 0.5) is 52.7 Å². The summed E-state index contributed by atoms with van der Waals surface area (Å²) < 4.78 is 149. The minimum absolute atomic E-state index is 0.773. The highest BCUT2D eigenvalue weighted by Gasteiger charge is 2.91. The Morgan fingerprint density at radius 1 is 0.462 bits per heavy atom. The van der Waals surface area contributed by atoms with Crippen LogP contribution in [0.2, 0.25) is 0 Å². The third kappa shape index (κ3) is 3.54. The van der Waals surface area contributed by atoms with E-state index in [2.05, 4.69) is 58.0 Å². The number of alkyl halides is 18. The van der Waals surface area contributed by atoms with Crippen LogP contribution in [-0.4, -0.2) is 42.6 Å². The van der Waals surface area contributed by atoms with E-state index >= 15 is 0 Å². The van der Waals surface area contributed by atoms with Crippen LogP contribution in [0.1, 0.15) is 0 Å². The van der Waals surface area contributed by atoms with Crippen LogP contribution in [0.3, 0.4) is 0 Å². The van der Waals surface area contributed by atoms with Crippen molar-refractivity contribution in [2.45, 2.75) is 42.6 Å². The van der Waals surface area contributed by atoms with Gasteiger partial charge in [-0.25, -0.2) is 17.6 Å². The van der Waals surface area contributed by atoms with Crippen LogP contribution in [0.15, 0.2) is 0 Å². The molecule has 0 fully saturated rings. The Balaban J connectivity index is 6.61. The fourth-order valence-corrected chi connectivity index (χ4v) is 2.58. The van der Waals surface area contributed by atoms with Gasteiger partial charge in [-0.05, 0) is 27.5 Å². The Morgan fingerprint density at radius 2 is 0.731 bits per heavy atom. The summed E-state index contributed by atoms with van der Waals surface area (Å²) in [7, 11) is 0. The third-order valence-electron chi connectivity index (χ3n) is 2.68. The molecule has 0 radical (unpaired) electrons. The van der Waals surface area contributed by atoms with Crippen molar-refractivity contribution in [2.24, 2.45) is 0 Å². The summed E-state index contributed by atoms with van der Waals surface area (Å²) in [6.45, 7) is 0. The third-order valence-corrected chi connectivity index (χ3v) is 5.59. The minimum Gasteiger partial charge on any atom is -0.216 e. The highest BCUT2D eigenvalue weighted by Crippen LogP contribution is 2.66. The molecule has 0 aliphatic carbocycles. The molecule has 0 aromatic rings. The first-order valence-corrected chi connectivity index (χ1v) is 7.83. The lowest BCUT2D eigenvalue weighted by atomic mass is 9.95. The Kier molecular flexibility index (Phi) is 7.10. The SMILES string of the molecule is FC(F)(Cl)C(F)(Br)C(F)(F)C(F)(Cl)C(F)(F)C(F)(Cl)C(F)(F)C(F)(Cl)Cl. The summed E-state index contributed by atoms with van der Waals surface area (Å²) in [5.74, 6) is -20.8. The molecule has 0 saturated heterocycles.